The Balaban J connectivity index is 2.02. The SMILES string of the molecule is C=C(C)CN(CC)C(=O)C1Cc2ccccc2CN1S(=O)(=O)c1cccs1. The van der Waals surface area contributed by atoms with E-state index in [0.717, 1.165) is 16.7 Å². The summed E-state index contributed by atoms with van der Waals surface area (Å²) >= 11 is 1.17. The van der Waals surface area contributed by atoms with Crippen LogP contribution in [0.3, 0.4) is 0 Å². The summed E-state index contributed by atoms with van der Waals surface area (Å²) in [6, 6.07) is 10.3. The van der Waals surface area contributed by atoms with Gasteiger partial charge in [-0.2, -0.15) is 4.31 Å². The molecule has 0 fully saturated rings. The highest BCUT2D eigenvalue weighted by atomic mass is 32.2. The topological polar surface area (TPSA) is 57.7 Å². The van der Waals surface area contributed by atoms with Crippen molar-refractivity contribution in [2.24, 2.45) is 0 Å². The lowest BCUT2D eigenvalue weighted by Crippen LogP contribution is -2.53. The zero-order valence-electron chi connectivity index (χ0n) is 15.6. The molecule has 1 aromatic heterocycles. The molecule has 0 N–H and O–H groups in total. The molecule has 0 saturated carbocycles. The first kappa shape index (κ1) is 19.8. The Bertz CT molecular complexity index is 936. The molecule has 1 aliphatic rings. The zero-order valence-corrected chi connectivity index (χ0v) is 17.2. The van der Waals surface area contributed by atoms with Crippen LogP contribution in [0.2, 0.25) is 0 Å². The van der Waals surface area contributed by atoms with Crippen molar-refractivity contribution < 1.29 is 13.2 Å². The van der Waals surface area contributed by atoms with Crippen LogP contribution in [-0.2, 0) is 27.8 Å². The van der Waals surface area contributed by atoms with Gasteiger partial charge < -0.3 is 4.90 Å². The van der Waals surface area contributed by atoms with E-state index in [1.165, 1.54) is 15.6 Å². The molecule has 1 unspecified atom stereocenters. The van der Waals surface area contributed by atoms with Gasteiger partial charge in [-0.3, -0.25) is 4.79 Å². The van der Waals surface area contributed by atoms with E-state index in [4.69, 9.17) is 0 Å². The quantitative estimate of drug-likeness (QED) is 0.694. The molecule has 0 radical (unpaired) electrons. The number of carbonyl (C=O) groups excluding carboxylic acids is 1. The van der Waals surface area contributed by atoms with Crippen molar-refractivity contribution in [3.63, 3.8) is 0 Å². The molecule has 1 atom stereocenters. The van der Waals surface area contributed by atoms with Gasteiger partial charge in [-0.1, -0.05) is 42.5 Å². The summed E-state index contributed by atoms with van der Waals surface area (Å²) in [7, 11) is -3.74. The van der Waals surface area contributed by atoms with Crippen LogP contribution in [0.15, 0.2) is 58.1 Å². The second kappa shape index (κ2) is 7.96. The van der Waals surface area contributed by atoms with Crippen LogP contribution < -0.4 is 0 Å². The summed E-state index contributed by atoms with van der Waals surface area (Å²) in [5.74, 6) is -0.171. The van der Waals surface area contributed by atoms with Crippen molar-refractivity contribution in [3.8, 4) is 0 Å². The number of amides is 1. The van der Waals surface area contributed by atoms with Gasteiger partial charge in [0.25, 0.3) is 10.0 Å². The lowest BCUT2D eigenvalue weighted by Gasteiger charge is -2.37. The monoisotopic (exact) mass is 404 g/mol. The molecule has 0 spiro atoms. The first-order chi connectivity index (χ1) is 12.8. The number of hydrogen-bond donors (Lipinski definition) is 0. The molecule has 27 heavy (non-hydrogen) atoms. The van der Waals surface area contributed by atoms with E-state index in [2.05, 4.69) is 6.58 Å². The Hall–Kier alpha value is -1.96. The smallest absolute Gasteiger partial charge is 0.253 e. The van der Waals surface area contributed by atoms with Crippen molar-refractivity contribution in [1.82, 2.24) is 9.21 Å². The molecule has 1 amide bonds. The van der Waals surface area contributed by atoms with Crippen molar-refractivity contribution in [3.05, 3.63) is 65.1 Å². The Morgan fingerprint density at radius 3 is 2.56 bits per heavy atom. The first-order valence-corrected chi connectivity index (χ1v) is 11.2. The molecule has 0 saturated heterocycles. The minimum absolute atomic E-state index is 0.171. The molecule has 2 aromatic rings. The molecule has 7 heteroatoms. The van der Waals surface area contributed by atoms with Crippen LogP contribution >= 0.6 is 11.3 Å². The number of thiophene rings is 1. The Morgan fingerprint density at radius 2 is 1.96 bits per heavy atom. The Kier molecular flexibility index (Phi) is 5.83. The van der Waals surface area contributed by atoms with E-state index in [9.17, 15) is 13.2 Å². The summed E-state index contributed by atoms with van der Waals surface area (Å²) in [6.07, 6.45) is 0.381. The minimum atomic E-state index is -3.74. The van der Waals surface area contributed by atoms with E-state index in [1.807, 2.05) is 38.1 Å². The molecule has 0 aliphatic carbocycles. The molecule has 0 bridgehead atoms. The van der Waals surface area contributed by atoms with Crippen molar-refractivity contribution in [1.29, 1.82) is 0 Å². The zero-order chi connectivity index (χ0) is 19.6. The van der Waals surface area contributed by atoms with Gasteiger partial charge >= 0.3 is 0 Å². The first-order valence-electron chi connectivity index (χ1n) is 8.90. The fraction of sp³-hybridized carbons (Fsp3) is 0.350. The van der Waals surface area contributed by atoms with Gasteiger partial charge in [0.15, 0.2) is 0 Å². The highest BCUT2D eigenvalue weighted by molar-refractivity contribution is 7.91. The number of rotatable bonds is 6. The number of likely N-dealkylation sites (N-methyl/N-ethyl adjacent to an activating group) is 1. The van der Waals surface area contributed by atoms with Crippen LogP contribution in [-0.4, -0.2) is 42.7 Å². The third-order valence-electron chi connectivity index (χ3n) is 4.70. The van der Waals surface area contributed by atoms with E-state index in [0.29, 0.717) is 19.5 Å². The maximum Gasteiger partial charge on any atom is 0.253 e. The van der Waals surface area contributed by atoms with Crippen LogP contribution in [0.25, 0.3) is 0 Å². The number of nitrogens with zero attached hydrogens (tertiary/aromatic N) is 2. The van der Waals surface area contributed by atoms with E-state index in [-0.39, 0.29) is 16.7 Å². The lowest BCUT2D eigenvalue weighted by atomic mass is 9.95. The van der Waals surface area contributed by atoms with Crippen LogP contribution in [0, 0.1) is 0 Å². The van der Waals surface area contributed by atoms with Gasteiger partial charge in [0, 0.05) is 19.6 Å². The molecule has 144 valence electrons. The van der Waals surface area contributed by atoms with Gasteiger partial charge in [-0.15, -0.1) is 11.3 Å². The lowest BCUT2D eigenvalue weighted by molar-refractivity contribution is -0.135. The fourth-order valence-electron chi connectivity index (χ4n) is 3.37. The van der Waals surface area contributed by atoms with Gasteiger partial charge in [0.2, 0.25) is 5.91 Å². The molecule has 1 aliphatic heterocycles. The molecule has 5 nitrogen and oxygen atoms in total. The highest BCUT2D eigenvalue weighted by Crippen LogP contribution is 2.31. The Morgan fingerprint density at radius 1 is 1.26 bits per heavy atom. The van der Waals surface area contributed by atoms with E-state index in [1.54, 1.807) is 22.4 Å². The molecule has 1 aromatic carbocycles. The van der Waals surface area contributed by atoms with Gasteiger partial charge in [0.1, 0.15) is 10.3 Å². The van der Waals surface area contributed by atoms with Crippen LogP contribution in [0.4, 0.5) is 0 Å². The number of benzene rings is 1. The standard InChI is InChI=1S/C20H24N2O3S2/c1-4-21(13-15(2)3)20(23)18-12-16-8-5-6-9-17(16)14-22(18)27(24,25)19-10-7-11-26-19/h5-11,18H,2,4,12-14H2,1,3H3. The average molecular weight is 405 g/mol. The van der Waals surface area contributed by atoms with E-state index >= 15 is 0 Å². The summed E-state index contributed by atoms with van der Waals surface area (Å²) in [5, 5.41) is 1.74. The normalized spacial score (nSPS) is 17.3. The van der Waals surface area contributed by atoms with Crippen molar-refractivity contribution >= 4 is 27.3 Å². The maximum absolute atomic E-state index is 13.3. The average Bonchev–Trinajstić information content (AvgIpc) is 3.20. The highest BCUT2D eigenvalue weighted by Gasteiger charge is 2.41. The van der Waals surface area contributed by atoms with Crippen LogP contribution in [0.5, 0.6) is 0 Å². The molecule has 3 rings (SSSR count). The number of carbonyl (C=O) groups is 1. The molecule has 2 heterocycles. The largest absolute Gasteiger partial charge is 0.338 e. The second-order valence-electron chi connectivity index (χ2n) is 6.78. The van der Waals surface area contributed by atoms with Gasteiger partial charge in [0.05, 0.1) is 0 Å². The number of sulfonamides is 1. The molecular weight excluding hydrogens is 380 g/mol. The van der Waals surface area contributed by atoms with Crippen LogP contribution in [0.1, 0.15) is 25.0 Å². The number of hydrogen-bond acceptors (Lipinski definition) is 4. The second-order valence-corrected chi connectivity index (χ2v) is 9.85. The summed E-state index contributed by atoms with van der Waals surface area (Å²) in [6.45, 7) is 8.80. The van der Waals surface area contributed by atoms with Gasteiger partial charge in [-0.25, -0.2) is 8.42 Å². The molecular formula is C20H24N2O3S2. The summed E-state index contributed by atoms with van der Waals surface area (Å²) in [5.41, 5.74) is 2.85. The predicted molar refractivity (Wildman–Crippen MR) is 108 cm³/mol. The van der Waals surface area contributed by atoms with Gasteiger partial charge in [-0.05, 0) is 42.8 Å². The summed E-state index contributed by atoms with van der Waals surface area (Å²) in [4.78, 5) is 15.0. The summed E-state index contributed by atoms with van der Waals surface area (Å²) < 4.78 is 28.1. The predicted octanol–water partition coefficient (Wildman–Crippen LogP) is 3.29. The fourth-order valence-corrected chi connectivity index (χ4v) is 6.05. The van der Waals surface area contributed by atoms with E-state index < -0.39 is 16.1 Å². The third-order valence-corrected chi connectivity index (χ3v) is 7.93. The minimum Gasteiger partial charge on any atom is -0.338 e. The third kappa shape index (κ3) is 4.00. The number of fused-ring (bicyclic) bond motifs is 1. The Labute approximate surface area is 165 Å². The van der Waals surface area contributed by atoms with Crippen molar-refractivity contribution in [2.45, 2.75) is 37.1 Å². The van der Waals surface area contributed by atoms with Crippen molar-refractivity contribution in [2.75, 3.05) is 13.1 Å². The maximum atomic E-state index is 13.3.